The van der Waals surface area contributed by atoms with Gasteiger partial charge in [-0.05, 0) is 42.0 Å². The van der Waals surface area contributed by atoms with E-state index in [2.05, 4.69) is 39.4 Å². The molecule has 1 atom stereocenters. The molecule has 0 saturated carbocycles. The first-order valence-electron chi connectivity index (χ1n) is 8.17. The second-order valence-electron chi connectivity index (χ2n) is 6.08. The zero-order chi connectivity index (χ0) is 16.2. The highest BCUT2D eigenvalue weighted by Gasteiger charge is 2.24. The van der Waals surface area contributed by atoms with Gasteiger partial charge < -0.3 is 10.6 Å². The third-order valence-corrected chi connectivity index (χ3v) is 4.25. The third kappa shape index (κ3) is 3.70. The fourth-order valence-electron chi connectivity index (χ4n) is 3.06. The highest BCUT2D eigenvalue weighted by molar-refractivity contribution is 6.04. The maximum atomic E-state index is 11.8. The number of hydrazone groups is 1. The van der Waals surface area contributed by atoms with E-state index in [0.29, 0.717) is 19.4 Å². The molecule has 0 radical (unpaired) electrons. The molecule has 1 unspecified atom stereocenters. The number of fused-ring (bicyclic) bond motifs is 1. The van der Waals surface area contributed by atoms with Crippen LogP contribution in [0.15, 0.2) is 23.3 Å². The quantitative estimate of drug-likeness (QED) is 0.786. The van der Waals surface area contributed by atoms with Crippen LogP contribution < -0.4 is 16.1 Å². The Kier molecular flexibility index (Phi) is 4.60. The number of amides is 3. The fraction of sp³-hybridized carbons (Fsp3) is 0.471. The van der Waals surface area contributed by atoms with Gasteiger partial charge in [0.25, 0.3) is 0 Å². The van der Waals surface area contributed by atoms with Gasteiger partial charge >= 0.3 is 6.03 Å². The molecule has 1 heterocycles. The van der Waals surface area contributed by atoms with E-state index in [1.807, 2.05) is 6.92 Å². The van der Waals surface area contributed by atoms with Gasteiger partial charge in [0, 0.05) is 25.4 Å². The highest BCUT2D eigenvalue weighted by Crippen LogP contribution is 2.24. The maximum Gasteiger partial charge on any atom is 0.315 e. The average molecular weight is 314 g/mol. The minimum Gasteiger partial charge on any atom is -0.338 e. The Morgan fingerprint density at radius 1 is 1.30 bits per heavy atom. The van der Waals surface area contributed by atoms with Crippen molar-refractivity contribution in [2.45, 2.75) is 45.1 Å². The lowest BCUT2D eigenvalue weighted by molar-refractivity contribution is -0.121. The van der Waals surface area contributed by atoms with Gasteiger partial charge in [-0.1, -0.05) is 19.1 Å². The van der Waals surface area contributed by atoms with Crippen molar-refractivity contribution < 1.29 is 9.59 Å². The minimum absolute atomic E-state index is 0.0303. The predicted molar refractivity (Wildman–Crippen MR) is 88.4 cm³/mol. The maximum absolute atomic E-state index is 11.8. The first kappa shape index (κ1) is 15.5. The van der Waals surface area contributed by atoms with Gasteiger partial charge in [0.1, 0.15) is 0 Å². The van der Waals surface area contributed by atoms with E-state index < -0.39 is 0 Å². The molecule has 3 amide bonds. The topological polar surface area (TPSA) is 82.6 Å². The molecule has 0 spiro atoms. The van der Waals surface area contributed by atoms with Crippen LogP contribution in [-0.2, 0) is 17.6 Å². The van der Waals surface area contributed by atoms with Crippen LogP contribution in [0.3, 0.4) is 0 Å². The monoisotopic (exact) mass is 314 g/mol. The SMILES string of the molecule is CCCNC(=O)NC1Cc2ccc(C3=NNC(=O)CC3)cc2C1. The number of benzene rings is 1. The molecule has 6 nitrogen and oxygen atoms in total. The molecule has 2 aliphatic rings. The summed E-state index contributed by atoms with van der Waals surface area (Å²) >= 11 is 0. The molecule has 3 rings (SSSR count). The van der Waals surface area contributed by atoms with E-state index in [-0.39, 0.29) is 18.0 Å². The van der Waals surface area contributed by atoms with Crippen molar-refractivity contribution in [1.82, 2.24) is 16.1 Å². The van der Waals surface area contributed by atoms with Crippen molar-refractivity contribution in [1.29, 1.82) is 0 Å². The van der Waals surface area contributed by atoms with E-state index in [9.17, 15) is 9.59 Å². The first-order chi connectivity index (χ1) is 11.2. The van der Waals surface area contributed by atoms with Crippen LogP contribution in [0.1, 0.15) is 42.9 Å². The number of carbonyl (C=O) groups excluding carboxylic acids is 2. The summed E-state index contributed by atoms with van der Waals surface area (Å²) in [5.74, 6) is -0.0303. The summed E-state index contributed by atoms with van der Waals surface area (Å²) in [7, 11) is 0. The molecular formula is C17H22N4O2. The molecule has 0 saturated heterocycles. The summed E-state index contributed by atoms with van der Waals surface area (Å²) in [6.45, 7) is 2.73. The van der Waals surface area contributed by atoms with Crippen molar-refractivity contribution in [2.24, 2.45) is 5.10 Å². The third-order valence-electron chi connectivity index (χ3n) is 4.25. The van der Waals surface area contributed by atoms with E-state index >= 15 is 0 Å². The summed E-state index contributed by atoms with van der Waals surface area (Å²) in [4.78, 5) is 23.0. The fourth-order valence-corrected chi connectivity index (χ4v) is 3.06. The Labute approximate surface area is 135 Å². The number of urea groups is 1. The molecule has 0 aromatic heterocycles. The molecule has 0 fully saturated rings. The lowest BCUT2D eigenvalue weighted by Crippen LogP contribution is -2.42. The molecule has 1 aliphatic carbocycles. The van der Waals surface area contributed by atoms with Gasteiger partial charge in [-0.3, -0.25) is 4.79 Å². The van der Waals surface area contributed by atoms with Crippen molar-refractivity contribution in [3.63, 3.8) is 0 Å². The van der Waals surface area contributed by atoms with Gasteiger partial charge in [-0.15, -0.1) is 0 Å². The second kappa shape index (κ2) is 6.81. The summed E-state index contributed by atoms with van der Waals surface area (Å²) in [6.07, 6.45) is 3.78. The average Bonchev–Trinajstić information content (AvgIpc) is 2.94. The Hall–Kier alpha value is -2.37. The molecule has 1 aromatic rings. The Bertz CT molecular complexity index is 654. The zero-order valence-electron chi connectivity index (χ0n) is 13.3. The number of carbonyl (C=O) groups is 2. The standard InChI is InChI=1S/C17H22N4O2/c1-2-7-18-17(23)19-14-9-11-3-4-12(8-13(11)10-14)15-5-6-16(22)21-20-15/h3-4,8,14H,2,5-7,9-10H2,1H3,(H,21,22)(H2,18,19,23). The van der Waals surface area contributed by atoms with E-state index in [4.69, 9.17) is 0 Å². The molecular weight excluding hydrogens is 292 g/mol. The lowest BCUT2D eigenvalue weighted by atomic mass is 10.00. The van der Waals surface area contributed by atoms with E-state index in [1.54, 1.807) is 0 Å². The number of nitrogens with zero attached hydrogens (tertiary/aromatic N) is 1. The molecule has 1 aliphatic heterocycles. The zero-order valence-corrected chi connectivity index (χ0v) is 13.3. The lowest BCUT2D eigenvalue weighted by Gasteiger charge is -2.13. The largest absolute Gasteiger partial charge is 0.338 e. The number of hydrogen-bond acceptors (Lipinski definition) is 3. The van der Waals surface area contributed by atoms with Crippen LogP contribution in [0.4, 0.5) is 4.79 Å². The molecule has 1 aromatic carbocycles. The van der Waals surface area contributed by atoms with Gasteiger partial charge in [0.15, 0.2) is 0 Å². The molecule has 0 bridgehead atoms. The first-order valence-corrected chi connectivity index (χ1v) is 8.17. The van der Waals surface area contributed by atoms with E-state index in [1.165, 1.54) is 11.1 Å². The molecule has 122 valence electrons. The second-order valence-corrected chi connectivity index (χ2v) is 6.08. The number of hydrogen-bond donors (Lipinski definition) is 3. The van der Waals surface area contributed by atoms with Crippen LogP contribution in [0.2, 0.25) is 0 Å². The number of rotatable bonds is 4. The smallest absolute Gasteiger partial charge is 0.315 e. The predicted octanol–water partition coefficient (Wildman–Crippen LogP) is 1.48. The number of nitrogens with one attached hydrogen (secondary N) is 3. The Morgan fingerprint density at radius 3 is 2.87 bits per heavy atom. The van der Waals surface area contributed by atoms with Crippen molar-refractivity contribution in [2.75, 3.05) is 6.54 Å². The minimum atomic E-state index is -0.0933. The van der Waals surface area contributed by atoms with Gasteiger partial charge in [0.05, 0.1) is 5.71 Å². The van der Waals surface area contributed by atoms with Gasteiger partial charge in [-0.2, -0.15) is 5.10 Å². The summed E-state index contributed by atoms with van der Waals surface area (Å²) in [5, 5.41) is 10.0. The highest BCUT2D eigenvalue weighted by atomic mass is 16.2. The van der Waals surface area contributed by atoms with Crippen molar-refractivity contribution in [3.8, 4) is 0 Å². The van der Waals surface area contributed by atoms with Crippen LogP contribution >= 0.6 is 0 Å². The summed E-state index contributed by atoms with van der Waals surface area (Å²) < 4.78 is 0. The van der Waals surface area contributed by atoms with Gasteiger partial charge in [0.2, 0.25) is 5.91 Å². The normalized spacial score (nSPS) is 19.6. The van der Waals surface area contributed by atoms with Crippen molar-refractivity contribution in [3.05, 3.63) is 34.9 Å². The van der Waals surface area contributed by atoms with Crippen LogP contribution in [-0.4, -0.2) is 30.2 Å². The van der Waals surface area contributed by atoms with Gasteiger partial charge in [-0.25, -0.2) is 10.2 Å². The summed E-state index contributed by atoms with van der Waals surface area (Å²) in [5.41, 5.74) is 7.04. The molecule has 23 heavy (non-hydrogen) atoms. The Balaban J connectivity index is 1.64. The van der Waals surface area contributed by atoms with Crippen LogP contribution in [0, 0.1) is 0 Å². The molecule has 3 N–H and O–H groups in total. The van der Waals surface area contributed by atoms with Crippen LogP contribution in [0.25, 0.3) is 0 Å². The van der Waals surface area contributed by atoms with Crippen LogP contribution in [0.5, 0.6) is 0 Å². The summed E-state index contributed by atoms with van der Waals surface area (Å²) in [6, 6.07) is 6.34. The van der Waals surface area contributed by atoms with Crippen molar-refractivity contribution >= 4 is 17.6 Å². The van der Waals surface area contributed by atoms with E-state index in [0.717, 1.165) is 30.5 Å². The Morgan fingerprint density at radius 2 is 2.13 bits per heavy atom. The molecule has 6 heteroatoms.